The highest BCUT2D eigenvalue weighted by atomic mass is 16.6. The Morgan fingerprint density at radius 3 is 2.80 bits per heavy atom. The van der Waals surface area contributed by atoms with Crippen molar-refractivity contribution in [2.24, 2.45) is 0 Å². The summed E-state index contributed by atoms with van der Waals surface area (Å²) in [5.41, 5.74) is 2.15. The van der Waals surface area contributed by atoms with Crippen molar-refractivity contribution >= 4 is 5.97 Å². The first kappa shape index (κ1) is 16.6. The fourth-order valence-corrected chi connectivity index (χ4v) is 2.34. The van der Waals surface area contributed by atoms with E-state index in [4.69, 9.17) is 9.47 Å². The third-order valence-corrected chi connectivity index (χ3v) is 3.61. The second-order valence-corrected chi connectivity index (χ2v) is 5.26. The minimum absolute atomic E-state index is 0.152. The van der Waals surface area contributed by atoms with E-state index in [1.165, 1.54) is 16.6 Å². The zero-order chi connectivity index (χ0) is 17.5. The van der Waals surface area contributed by atoms with Crippen LogP contribution in [0.4, 0.5) is 0 Å². The van der Waals surface area contributed by atoms with Crippen LogP contribution in [-0.2, 0) is 11.2 Å². The lowest BCUT2D eigenvalue weighted by molar-refractivity contribution is 0.0450. The standard InChI is InChI=1S/C18H18N4O3/c1-2-14-6-5-7-15(12-14)24-10-11-25-18(23)16-8-3-4-9-17(16)22-13-19-20-21-22/h3-9,12-13H,2,10-11H2,1H3. The van der Waals surface area contributed by atoms with E-state index >= 15 is 0 Å². The predicted octanol–water partition coefficient (Wildman–Crippen LogP) is 2.46. The highest BCUT2D eigenvalue weighted by Gasteiger charge is 2.14. The first-order chi connectivity index (χ1) is 12.3. The summed E-state index contributed by atoms with van der Waals surface area (Å²) in [6.45, 7) is 2.52. The Hall–Kier alpha value is -3.22. The number of aryl methyl sites for hydroxylation is 1. The molecule has 3 rings (SSSR count). The molecule has 0 spiro atoms. The number of aromatic nitrogens is 4. The summed E-state index contributed by atoms with van der Waals surface area (Å²) >= 11 is 0. The molecule has 0 aliphatic heterocycles. The third kappa shape index (κ3) is 4.20. The van der Waals surface area contributed by atoms with Crippen LogP contribution < -0.4 is 4.74 Å². The Kier molecular flexibility index (Phi) is 5.36. The fourth-order valence-electron chi connectivity index (χ4n) is 2.34. The molecular weight excluding hydrogens is 320 g/mol. The summed E-state index contributed by atoms with van der Waals surface area (Å²) in [6.07, 6.45) is 2.37. The molecule has 3 aromatic rings. The van der Waals surface area contributed by atoms with Gasteiger partial charge in [0, 0.05) is 0 Å². The van der Waals surface area contributed by atoms with Crippen LogP contribution in [0.3, 0.4) is 0 Å². The van der Waals surface area contributed by atoms with Gasteiger partial charge in [0.05, 0.1) is 11.3 Å². The van der Waals surface area contributed by atoms with Crippen LogP contribution in [0.5, 0.6) is 5.75 Å². The van der Waals surface area contributed by atoms with Gasteiger partial charge >= 0.3 is 5.97 Å². The van der Waals surface area contributed by atoms with Crippen LogP contribution in [-0.4, -0.2) is 39.4 Å². The van der Waals surface area contributed by atoms with Gasteiger partial charge in [-0.25, -0.2) is 4.79 Å². The first-order valence-corrected chi connectivity index (χ1v) is 7.99. The summed E-state index contributed by atoms with van der Waals surface area (Å²) in [5, 5.41) is 11.0. The molecule has 0 aliphatic carbocycles. The molecule has 0 aliphatic rings. The Morgan fingerprint density at radius 1 is 1.12 bits per heavy atom. The Bertz CT molecular complexity index is 834. The van der Waals surface area contributed by atoms with Crippen LogP contribution in [0.15, 0.2) is 54.9 Å². The second kappa shape index (κ2) is 8.05. The Morgan fingerprint density at radius 2 is 2.00 bits per heavy atom. The van der Waals surface area contributed by atoms with Crippen LogP contribution in [0, 0.1) is 0 Å². The number of hydrogen-bond donors (Lipinski definition) is 0. The number of carbonyl (C=O) groups is 1. The van der Waals surface area contributed by atoms with Gasteiger partial charge in [-0.05, 0) is 46.7 Å². The minimum atomic E-state index is -0.447. The van der Waals surface area contributed by atoms with E-state index in [1.807, 2.05) is 24.3 Å². The number of tetrazole rings is 1. The van der Waals surface area contributed by atoms with Crippen LogP contribution in [0.2, 0.25) is 0 Å². The molecular formula is C18H18N4O3. The van der Waals surface area contributed by atoms with E-state index in [2.05, 4.69) is 22.4 Å². The van der Waals surface area contributed by atoms with Crippen LogP contribution in [0.25, 0.3) is 5.69 Å². The zero-order valence-electron chi connectivity index (χ0n) is 13.8. The van der Waals surface area contributed by atoms with E-state index < -0.39 is 5.97 Å². The Balaban J connectivity index is 1.57. The van der Waals surface area contributed by atoms with Crippen molar-refractivity contribution in [3.05, 3.63) is 66.0 Å². The molecule has 0 unspecified atom stereocenters. The summed E-state index contributed by atoms with van der Waals surface area (Å²) in [7, 11) is 0. The van der Waals surface area contributed by atoms with E-state index in [-0.39, 0.29) is 13.2 Å². The number of benzene rings is 2. The van der Waals surface area contributed by atoms with Gasteiger partial charge in [-0.15, -0.1) is 5.10 Å². The van der Waals surface area contributed by atoms with Gasteiger partial charge in [-0.1, -0.05) is 31.2 Å². The summed E-state index contributed by atoms with van der Waals surface area (Å²) < 4.78 is 12.3. The second-order valence-electron chi connectivity index (χ2n) is 5.26. The predicted molar refractivity (Wildman–Crippen MR) is 90.8 cm³/mol. The maximum Gasteiger partial charge on any atom is 0.340 e. The average Bonchev–Trinajstić information content (AvgIpc) is 3.20. The quantitative estimate of drug-likeness (QED) is 0.486. The van der Waals surface area contributed by atoms with E-state index in [0.717, 1.165) is 12.2 Å². The summed E-state index contributed by atoms with van der Waals surface area (Å²) in [4.78, 5) is 12.3. The highest BCUT2D eigenvalue weighted by molar-refractivity contribution is 5.93. The SMILES string of the molecule is CCc1cccc(OCCOC(=O)c2ccccc2-n2cnnn2)c1. The molecule has 7 heteroatoms. The van der Waals surface area contributed by atoms with Gasteiger partial charge in [0.15, 0.2) is 0 Å². The largest absolute Gasteiger partial charge is 0.490 e. The van der Waals surface area contributed by atoms with Crippen molar-refractivity contribution in [1.82, 2.24) is 20.2 Å². The number of rotatable bonds is 7. The van der Waals surface area contributed by atoms with Crippen molar-refractivity contribution in [2.45, 2.75) is 13.3 Å². The monoisotopic (exact) mass is 338 g/mol. The smallest absolute Gasteiger partial charge is 0.340 e. The fraction of sp³-hybridized carbons (Fsp3) is 0.222. The van der Waals surface area contributed by atoms with Gasteiger partial charge in [0.2, 0.25) is 0 Å². The zero-order valence-corrected chi connectivity index (χ0v) is 13.8. The Labute approximate surface area is 145 Å². The van der Waals surface area contributed by atoms with Crippen molar-refractivity contribution < 1.29 is 14.3 Å². The summed E-state index contributed by atoms with van der Waals surface area (Å²) in [6, 6.07) is 14.8. The van der Waals surface area contributed by atoms with Crippen LogP contribution >= 0.6 is 0 Å². The van der Waals surface area contributed by atoms with Gasteiger partial charge in [0.25, 0.3) is 0 Å². The molecule has 2 aromatic carbocycles. The molecule has 0 amide bonds. The van der Waals surface area contributed by atoms with E-state index in [9.17, 15) is 4.79 Å². The number of nitrogens with zero attached hydrogens (tertiary/aromatic N) is 4. The van der Waals surface area contributed by atoms with Gasteiger partial charge in [-0.2, -0.15) is 4.68 Å². The number of ether oxygens (including phenoxy) is 2. The maximum atomic E-state index is 12.3. The molecule has 0 fully saturated rings. The molecule has 0 saturated heterocycles. The maximum absolute atomic E-state index is 12.3. The van der Waals surface area contributed by atoms with Crippen molar-refractivity contribution in [2.75, 3.05) is 13.2 Å². The molecule has 1 aromatic heterocycles. The molecule has 1 heterocycles. The van der Waals surface area contributed by atoms with Crippen molar-refractivity contribution in [1.29, 1.82) is 0 Å². The number of para-hydroxylation sites is 1. The number of hydrogen-bond acceptors (Lipinski definition) is 6. The average molecular weight is 338 g/mol. The van der Waals surface area contributed by atoms with E-state index in [0.29, 0.717) is 11.3 Å². The van der Waals surface area contributed by atoms with Crippen molar-refractivity contribution in [3.63, 3.8) is 0 Å². The van der Waals surface area contributed by atoms with Crippen LogP contribution in [0.1, 0.15) is 22.8 Å². The lowest BCUT2D eigenvalue weighted by Gasteiger charge is -2.10. The van der Waals surface area contributed by atoms with Gasteiger partial charge < -0.3 is 9.47 Å². The molecule has 0 saturated carbocycles. The lowest BCUT2D eigenvalue weighted by Crippen LogP contribution is -2.14. The van der Waals surface area contributed by atoms with Gasteiger partial charge in [0.1, 0.15) is 25.3 Å². The molecule has 0 N–H and O–H groups in total. The first-order valence-electron chi connectivity index (χ1n) is 7.99. The molecule has 25 heavy (non-hydrogen) atoms. The minimum Gasteiger partial charge on any atom is -0.490 e. The third-order valence-electron chi connectivity index (χ3n) is 3.61. The molecule has 128 valence electrons. The topological polar surface area (TPSA) is 79.1 Å². The number of esters is 1. The normalized spacial score (nSPS) is 10.4. The van der Waals surface area contributed by atoms with Gasteiger partial charge in [-0.3, -0.25) is 0 Å². The molecule has 0 atom stereocenters. The van der Waals surface area contributed by atoms with E-state index in [1.54, 1.807) is 24.3 Å². The highest BCUT2D eigenvalue weighted by Crippen LogP contribution is 2.15. The molecule has 0 radical (unpaired) electrons. The lowest BCUT2D eigenvalue weighted by atomic mass is 10.2. The number of carbonyl (C=O) groups excluding carboxylic acids is 1. The molecule has 7 nitrogen and oxygen atoms in total. The van der Waals surface area contributed by atoms with Crippen molar-refractivity contribution in [3.8, 4) is 11.4 Å². The molecule has 0 bridgehead atoms. The summed E-state index contributed by atoms with van der Waals surface area (Å²) in [5.74, 6) is 0.321.